The van der Waals surface area contributed by atoms with Crippen LogP contribution in [0.25, 0.3) is 11.1 Å². The number of anilines is 1. The minimum atomic E-state index is -0.430. The van der Waals surface area contributed by atoms with Crippen LogP contribution in [-0.4, -0.2) is 20.9 Å². The molecule has 0 radical (unpaired) electrons. The summed E-state index contributed by atoms with van der Waals surface area (Å²) in [5, 5.41) is 5.79. The summed E-state index contributed by atoms with van der Waals surface area (Å²) in [6.07, 6.45) is 8.62. The largest absolute Gasteiger partial charge is 0.302 e. The van der Waals surface area contributed by atoms with Gasteiger partial charge in [-0.15, -0.1) is 11.3 Å². The van der Waals surface area contributed by atoms with Crippen molar-refractivity contribution in [3.63, 3.8) is 0 Å². The summed E-state index contributed by atoms with van der Waals surface area (Å²) in [6.45, 7) is 2.17. The number of nitrogens with one attached hydrogen (secondary N) is 1. The molecule has 0 spiro atoms. The predicted octanol–water partition coefficient (Wildman–Crippen LogP) is 6.31. The maximum Gasteiger partial charge on any atom is 0.230 e. The average molecular weight is 503 g/mol. The number of aromatic nitrogens is 3. The second-order valence-electron chi connectivity index (χ2n) is 9.59. The smallest absolute Gasteiger partial charge is 0.230 e. The summed E-state index contributed by atoms with van der Waals surface area (Å²) in [5.41, 5.74) is 7.53. The Kier molecular flexibility index (Phi) is 6.10. The summed E-state index contributed by atoms with van der Waals surface area (Å²) in [6, 6.07) is 24.9. The molecule has 1 amide bonds. The zero-order valence-corrected chi connectivity index (χ0v) is 21.3. The van der Waals surface area contributed by atoms with E-state index in [0.717, 1.165) is 22.4 Å². The van der Waals surface area contributed by atoms with E-state index in [9.17, 15) is 4.79 Å². The lowest BCUT2D eigenvalue weighted by atomic mass is 9.71. The molecule has 3 aromatic heterocycles. The number of hydrogen-bond donors (Lipinski definition) is 1. The van der Waals surface area contributed by atoms with Gasteiger partial charge in [-0.05, 0) is 64.1 Å². The van der Waals surface area contributed by atoms with Crippen molar-refractivity contribution < 1.29 is 4.79 Å². The van der Waals surface area contributed by atoms with Crippen molar-refractivity contribution in [2.45, 2.75) is 25.2 Å². The molecule has 1 aliphatic rings. The Morgan fingerprint density at radius 3 is 2.35 bits per heavy atom. The van der Waals surface area contributed by atoms with Crippen LogP contribution < -0.4 is 5.32 Å². The van der Waals surface area contributed by atoms with E-state index < -0.39 is 5.41 Å². The normalized spacial score (nSPS) is 18.4. The molecule has 2 aromatic carbocycles. The number of benzene rings is 2. The van der Waals surface area contributed by atoms with E-state index in [0.29, 0.717) is 18.0 Å². The summed E-state index contributed by atoms with van der Waals surface area (Å²) in [7, 11) is 0. The van der Waals surface area contributed by atoms with Gasteiger partial charge in [-0.2, -0.15) is 0 Å². The van der Waals surface area contributed by atoms with Crippen molar-refractivity contribution in [3.05, 3.63) is 131 Å². The molecular formula is C31H26N4OS. The van der Waals surface area contributed by atoms with Crippen LogP contribution in [0.5, 0.6) is 0 Å². The van der Waals surface area contributed by atoms with E-state index in [2.05, 4.69) is 64.7 Å². The molecule has 6 heteroatoms. The monoisotopic (exact) mass is 502 g/mol. The number of hydrogen-bond acceptors (Lipinski definition) is 5. The lowest BCUT2D eigenvalue weighted by molar-refractivity contribution is -0.121. The van der Waals surface area contributed by atoms with Crippen molar-refractivity contribution in [1.29, 1.82) is 0 Å². The fraction of sp³-hybridized carbons (Fsp3) is 0.161. The molecule has 5 nitrogen and oxygen atoms in total. The Morgan fingerprint density at radius 2 is 1.59 bits per heavy atom. The van der Waals surface area contributed by atoms with Gasteiger partial charge in [0.1, 0.15) is 0 Å². The second kappa shape index (κ2) is 9.71. The van der Waals surface area contributed by atoms with Crippen LogP contribution >= 0.6 is 11.3 Å². The molecule has 2 atom stereocenters. The first kappa shape index (κ1) is 23.3. The van der Waals surface area contributed by atoms with E-state index in [4.69, 9.17) is 4.98 Å². The van der Waals surface area contributed by atoms with Crippen LogP contribution in [0.4, 0.5) is 5.13 Å². The lowest BCUT2D eigenvalue weighted by Crippen LogP contribution is -2.38. The van der Waals surface area contributed by atoms with E-state index >= 15 is 0 Å². The first-order valence-electron chi connectivity index (χ1n) is 12.3. The van der Waals surface area contributed by atoms with Gasteiger partial charge in [-0.1, -0.05) is 55.5 Å². The number of pyridine rings is 2. The molecule has 1 N–H and O–H groups in total. The zero-order chi connectivity index (χ0) is 25.2. The first-order valence-corrected chi connectivity index (χ1v) is 13.2. The third-order valence-corrected chi connectivity index (χ3v) is 8.24. The number of nitrogens with zero attached hydrogens (tertiary/aromatic N) is 3. The van der Waals surface area contributed by atoms with Gasteiger partial charge < -0.3 is 5.32 Å². The fourth-order valence-electron chi connectivity index (χ4n) is 5.43. The number of fused-ring (bicyclic) bond motifs is 1. The number of carbonyl (C=O) groups is 1. The Morgan fingerprint density at radius 1 is 0.919 bits per heavy atom. The SMILES string of the molecule is C[C@]1(c2ccncc2)c2ccccc2C[C@H]1C(=O)Nc1nc(Cc2ccc(-c3ccncc3)cc2)cs1. The van der Waals surface area contributed by atoms with Gasteiger partial charge in [-0.25, -0.2) is 4.98 Å². The highest BCUT2D eigenvalue weighted by Crippen LogP contribution is 2.48. The molecule has 0 saturated carbocycles. The Labute approximate surface area is 220 Å². The third-order valence-electron chi connectivity index (χ3n) is 7.43. The van der Waals surface area contributed by atoms with Gasteiger partial charge in [0.05, 0.1) is 11.6 Å². The number of thiazole rings is 1. The molecule has 1 aliphatic carbocycles. The Hall–Kier alpha value is -4.16. The Bertz CT molecular complexity index is 1530. The molecule has 182 valence electrons. The van der Waals surface area contributed by atoms with Gasteiger partial charge in [0.2, 0.25) is 5.91 Å². The van der Waals surface area contributed by atoms with E-state index in [1.54, 1.807) is 24.8 Å². The van der Waals surface area contributed by atoms with Gasteiger partial charge in [0.25, 0.3) is 0 Å². The topological polar surface area (TPSA) is 67.8 Å². The molecule has 0 aliphatic heterocycles. The highest BCUT2D eigenvalue weighted by atomic mass is 32.1. The van der Waals surface area contributed by atoms with E-state index in [1.807, 2.05) is 35.7 Å². The van der Waals surface area contributed by atoms with Gasteiger partial charge in [0, 0.05) is 42.0 Å². The van der Waals surface area contributed by atoms with Crippen LogP contribution in [0.3, 0.4) is 0 Å². The third kappa shape index (κ3) is 4.45. The molecule has 0 bridgehead atoms. The molecule has 5 aromatic rings. The highest BCUT2D eigenvalue weighted by Gasteiger charge is 2.48. The maximum absolute atomic E-state index is 13.6. The van der Waals surface area contributed by atoms with Gasteiger partial charge >= 0.3 is 0 Å². The zero-order valence-electron chi connectivity index (χ0n) is 20.5. The summed E-state index contributed by atoms with van der Waals surface area (Å²) in [5.74, 6) is -0.238. The lowest BCUT2D eigenvalue weighted by Gasteiger charge is -2.32. The van der Waals surface area contributed by atoms with E-state index in [1.165, 1.54) is 28.0 Å². The fourth-order valence-corrected chi connectivity index (χ4v) is 6.15. The van der Waals surface area contributed by atoms with Crippen molar-refractivity contribution in [2.75, 3.05) is 5.32 Å². The summed E-state index contributed by atoms with van der Waals surface area (Å²) < 4.78 is 0. The van der Waals surface area contributed by atoms with Crippen LogP contribution in [0.15, 0.2) is 103 Å². The first-order chi connectivity index (χ1) is 18.1. The van der Waals surface area contributed by atoms with Crippen LogP contribution in [0, 0.1) is 5.92 Å². The van der Waals surface area contributed by atoms with Gasteiger partial charge in [-0.3, -0.25) is 14.8 Å². The van der Waals surface area contributed by atoms with Crippen LogP contribution in [-0.2, 0) is 23.1 Å². The molecule has 6 rings (SSSR count). The van der Waals surface area contributed by atoms with Crippen molar-refractivity contribution in [3.8, 4) is 11.1 Å². The molecule has 37 heavy (non-hydrogen) atoms. The quantitative estimate of drug-likeness (QED) is 0.296. The molecule has 0 saturated heterocycles. The maximum atomic E-state index is 13.6. The number of carbonyl (C=O) groups excluding carboxylic acids is 1. The minimum absolute atomic E-state index is 0.00174. The average Bonchev–Trinajstić information content (AvgIpc) is 3.52. The van der Waals surface area contributed by atoms with E-state index in [-0.39, 0.29) is 11.8 Å². The molecule has 0 fully saturated rings. The van der Waals surface area contributed by atoms with Crippen LogP contribution in [0.2, 0.25) is 0 Å². The minimum Gasteiger partial charge on any atom is -0.302 e. The number of rotatable bonds is 6. The van der Waals surface area contributed by atoms with Crippen LogP contribution in [0.1, 0.15) is 34.9 Å². The standard InChI is InChI=1S/C31H26N4OS/c1-31(25-12-16-33-17-13-25)27-5-3-2-4-24(27)19-28(31)29(36)35-30-34-26(20-37-30)18-21-6-8-22(9-7-21)23-10-14-32-15-11-23/h2-17,20,28H,18-19H2,1H3,(H,34,35,36)/t28-,31-/m0/s1. The summed E-state index contributed by atoms with van der Waals surface area (Å²) in [4.78, 5) is 26.7. The van der Waals surface area contributed by atoms with Crippen molar-refractivity contribution in [1.82, 2.24) is 15.0 Å². The van der Waals surface area contributed by atoms with Gasteiger partial charge in [0.15, 0.2) is 5.13 Å². The number of amides is 1. The second-order valence-corrected chi connectivity index (χ2v) is 10.5. The van der Waals surface area contributed by atoms with Crippen molar-refractivity contribution in [2.24, 2.45) is 5.92 Å². The molecule has 0 unspecified atom stereocenters. The van der Waals surface area contributed by atoms with Crippen molar-refractivity contribution >= 4 is 22.4 Å². The molecular weight excluding hydrogens is 476 g/mol. The highest BCUT2D eigenvalue weighted by molar-refractivity contribution is 7.13. The summed E-state index contributed by atoms with van der Waals surface area (Å²) >= 11 is 1.48. The molecule has 3 heterocycles. The predicted molar refractivity (Wildman–Crippen MR) is 148 cm³/mol. The Balaban J connectivity index is 1.18.